The molecule has 2 unspecified atom stereocenters. The molecule has 0 saturated heterocycles. The van der Waals surface area contributed by atoms with Gasteiger partial charge in [-0.15, -0.1) is 0 Å². The predicted molar refractivity (Wildman–Crippen MR) is 82.2 cm³/mol. The molecular formula is C17H16BrFO. The Morgan fingerprint density at radius 3 is 2.85 bits per heavy atom. The van der Waals surface area contributed by atoms with E-state index >= 15 is 0 Å². The first kappa shape index (κ1) is 13.6. The Balaban J connectivity index is 1.80. The highest BCUT2D eigenvalue weighted by Crippen LogP contribution is 2.39. The standard InChI is InChI=1S/C17H16BrFO/c18-10-13(12-4-3-5-15(19)9-12)8-14-11-20-17-7-2-1-6-16(14)17/h1-7,9,13-14H,8,10-11H2. The summed E-state index contributed by atoms with van der Waals surface area (Å²) in [5, 5.41) is 0.828. The van der Waals surface area contributed by atoms with E-state index in [1.165, 1.54) is 11.6 Å². The third kappa shape index (κ3) is 2.73. The van der Waals surface area contributed by atoms with Gasteiger partial charge in [0.2, 0.25) is 0 Å². The van der Waals surface area contributed by atoms with E-state index < -0.39 is 0 Å². The smallest absolute Gasteiger partial charge is 0.123 e. The number of hydrogen-bond acceptors (Lipinski definition) is 1. The molecule has 1 aliphatic rings. The predicted octanol–water partition coefficient (Wildman–Crippen LogP) is 4.87. The number of hydrogen-bond donors (Lipinski definition) is 0. The van der Waals surface area contributed by atoms with Crippen LogP contribution in [0, 0.1) is 5.82 Å². The van der Waals surface area contributed by atoms with Gasteiger partial charge in [0.1, 0.15) is 11.6 Å². The summed E-state index contributed by atoms with van der Waals surface area (Å²) in [4.78, 5) is 0. The van der Waals surface area contributed by atoms with Crippen LogP contribution in [0.1, 0.15) is 29.4 Å². The Morgan fingerprint density at radius 2 is 2.05 bits per heavy atom. The van der Waals surface area contributed by atoms with Gasteiger partial charge in [0.15, 0.2) is 0 Å². The second-order valence-corrected chi connectivity index (χ2v) is 5.84. The maximum absolute atomic E-state index is 13.4. The normalized spacial score (nSPS) is 18.4. The van der Waals surface area contributed by atoms with Crippen molar-refractivity contribution < 1.29 is 9.13 Å². The molecule has 0 radical (unpaired) electrons. The summed E-state index contributed by atoms with van der Waals surface area (Å²) < 4.78 is 19.1. The highest BCUT2D eigenvalue weighted by atomic mass is 79.9. The summed E-state index contributed by atoms with van der Waals surface area (Å²) in [6, 6.07) is 15.1. The fourth-order valence-corrected chi connectivity index (χ4v) is 3.45. The molecule has 20 heavy (non-hydrogen) atoms. The van der Waals surface area contributed by atoms with E-state index in [0.717, 1.165) is 29.7 Å². The van der Waals surface area contributed by atoms with Crippen molar-refractivity contribution in [2.75, 3.05) is 11.9 Å². The fourth-order valence-electron chi connectivity index (χ4n) is 2.82. The van der Waals surface area contributed by atoms with Crippen molar-refractivity contribution in [3.8, 4) is 5.75 Å². The molecular weight excluding hydrogens is 319 g/mol. The number of rotatable bonds is 4. The minimum atomic E-state index is -0.170. The van der Waals surface area contributed by atoms with Crippen LogP contribution in [0.2, 0.25) is 0 Å². The Hall–Kier alpha value is -1.35. The highest BCUT2D eigenvalue weighted by molar-refractivity contribution is 9.09. The summed E-state index contributed by atoms with van der Waals surface area (Å²) in [5.41, 5.74) is 2.32. The van der Waals surface area contributed by atoms with Gasteiger partial charge >= 0.3 is 0 Å². The summed E-state index contributed by atoms with van der Waals surface area (Å²) >= 11 is 3.56. The van der Waals surface area contributed by atoms with Gasteiger partial charge < -0.3 is 4.74 Å². The van der Waals surface area contributed by atoms with Crippen LogP contribution in [0.15, 0.2) is 48.5 Å². The Morgan fingerprint density at radius 1 is 1.20 bits per heavy atom. The third-order valence-corrected chi connectivity index (χ3v) is 4.66. The molecule has 0 aromatic heterocycles. The number of halogens is 2. The number of ether oxygens (including phenoxy) is 1. The molecule has 0 amide bonds. The van der Waals surface area contributed by atoms with E-state index in [0.29, 0.717) is 11.8 Å². The Bertz CT molecular complexity index is 599. The van der Waals surface area contributed by atoms with Crippen LogP contribution in [0.4, 0.5) is 4.39 Å². The van der Waals surface area contributed by atoms with E-state index in [1.807, 2.05) is 24.3 Å². The molecule has 3 rings (SSSR count). The van der Waals surface area contributed by atoms with Crippen LogP contribution < -0.4 is 4.74 Å². The first-order chi connectivity index (χ1) is 9.78. The lowest BCUT2D eigenvalue weighted by atomic mass is 9.87. The number of fused-ring (bicyclic) bond motifs is 1. The van der Waals surface area contributed by atoms with Crippen molar-refractivity contribution >= 4 is 15.9 Å². The lowest BCUT2D eigenvalue weighted by molar-refractivity contribution is 0.320. The second kappa shape index (κ2) is 5.96. The molecule has 1 nitrogen and oxygen atoms in total. The monoisotopic (exact) mass is 334 g/mol. The zero-order valence-electron chi connectivity index (χ0n) is 11.1. The Kier molecular flexibility index (Phi) is 4.06. The summed E-state index contributed by atoms with van der Waals surface area (Å²) in [5.74, 6) is 1.50. The first-order valence-electron chi connectivity index (χ1n) is 6.81. The van der Waals surface area contributed by atoms with Gasteiger partial charge in [-0.1, -0.05) is 46.3 Å². The van der Waals surface area contributed by atoms with Crippen LogP contribution >= 0.6 is 15.9 Å². The van der Waals surface area contributed by atoms with Crippen molar-refractivity contribution in [2.45, 2.75) is 18.3 Å². The average molecular weight is 335 g/mol. The van der Waals surface area contributed by atoms with Crippen LogP contribution in [0.25, 0.3) is 0 Å². The van der Waals surface area contributed by atoms with Gasteiger partial charge in [0.05, 0.1) is 6.61 Å². The number of alkyl halides is 1. The van der Waals surface area contributed by atoms with Gasteiger partial charge in [0.25, 0.3) is 0 Å². The molecule has 0 bridgehead atoms. The minimum Gasteiger partial charge on any atom is -0.493 e. The van der Waals surface area contributed by atoms with E-state index in [1.54, 1.807) is 12.1 Å². The van der Waals surface area contributed by atoms with Crippen molar-refractivity contribution in [1.29, 1.82) is 0 Å². The zero-order valence-corrected chi connectivity index (χ0v) is 12.6. The quantitative estimate of drug-likeness (QED) is 0.725. The van der Waals surface area contributed by atoms with Crippen molar-refractivity contribution in [3.05, 3.63) is 65.5 Å². The van der Waals surface area contributed by atoms with E-state index in [4.69, 9.17) is 4.74 Å². The van der Waals surface area contributed by atoms with E-state index in [-0.39, 0.29) is 5.82 Å². The molecule has 2 atom stereocenters. The molecule has 1 heterocycles. The summed E-state index contributed by atoms with van der Waals surface area (Å²) in [6.07, 6.45) is 0.964. The third-order valence-electron chi connectivity index (χ3n) is 3.87. The number of benzene rings is 2. The molecule has 0 aliphatic carbocycles. The maximum atomic E-state index is 13.4. The van der Waals surface area contributed by atoms with Crippen LogP contribution in [-0.4, -0.2) is 11.9 Å². The topological polar surface area (TPSA) is 9.23 Å². The van der Waals surface area contributed by atoms with Gasteiger partial charge in [-0.05, 0) is 36.1 Å². The van der Waals surface area contributed by atoms with Gasteiger partial charge in [0, 0.05) is 16.8 Å². The largest absolute Gasteiger partial charge is 0.493 e. The minimum absolute atomic E-state index is 0.170. The molecule has 0 N–H and O–H groups in total. The van der Waals surface area contributed by atoms with Crippen LogP contribution in [0.5, 0.6) is 5.75 Å². The molecule has 0 spiro atoms. The maximum Gasteiger partial charge on any atom is 0.123 e. The van der Waals surface area contributed by atoms with Crippen molar-refractivity contribution in [3.63, 3.8) is 0 Å². The van der Waals surface area contributed by atoms with Gasteiger partial charge in [-0.25, -0.2) is 4.39 Å². The molecule has 0 saturated carbocycles. The van der Waals surface area contributed by atoms with Gasteiger partial charge in [-0.3, -0.25) is 0 Å². The Labute approximate surface area is 126 Å². The molecule has 2 aromatic carbocycles. The molecule has 1 aliphatic heterocycles. The van der Waals surface area contributed by atoms with Crippen molar-refractivity contribution in [2.24, 2.45) is 0 Å². The average Bonchev–Trinajstić information content (AvgIpc) is 2.88. The lowest BCUT2D eigenvalue weighted by Gasteiger charge is -2.18. The molecule has 104 valence electrons. The van der Waals surface area contributed by atoms with E-state index in [9.17, 15) is 4.39 Å². The van der Waals surface area contributed by atoms with Crippen LogP contribution in [0.3, 0.4) is 0 Å². The van der Waals surface area contributed by atoms with E-state index in [2.05, 4.69) is 22.0 Å². The molecule has 0 fully saturated rings. The lowest BCUT2D eigenvalue weighted by Crippen LogP contribution is -2.09. The van der Waals surface area contributed by atoms with Crippen LogP contribution in [-0.2, 0) is 0 Å². The number of para-hydroxylation sites is 1. The van der Waals surface area contributed by atoms with Gasteiger partial charge in [-0.2, -0.15) is 0 Å². The first-order valence-corrected chi connectivity index (χ1v) is 7.93. The molecule has 3 heteroatoms. The summed E-state index contributed by atoms with van der Waals surface area (Å²) in [6.45, 7) is 0.720. The highest BCUT2D eigenvalue weighted by Gasteiger charge is 2.26. The second-order valence-electron chi connectivity index (χ2n) is 5.19. The fraction of sp³-hybridized carbons (Fsp3) is 0.294. The van der Waals surface area contributed by atoms with Crippen molar-refractivity contribution in [1.82, 2.24) is 0 Å². The molecule has 2 aromatic rings. The SMILES string of the molecule is Fc1cccc(C(CBr)CC2COc3ccccc32)c1. The summed E-state index contributed by atoms with van der Waals surface area (Å²) in [7, 11) is 0. The zero-order chi connectivity index (χ0) is 13.9.